The minimum absolute atomic E-state index is 0.0954. The van der Waals surface area contributed by atoms with Crippen LogP contribution in [0, 0.1) is 0 Å². The number of pyridine rings is 1. The number of aryl methyl sites for hydroxylation is 1. The molecule has 2 aromatic rings. The molecule has 2 heterocycles. The van der Waals surface area contributed by atoms with Gasteiger partial charge in [0.25, 0.3) is 5.91 Å². The van der Waals surface area contributed by atoms with Crippen LogP contribution in [0.4, 0.5) is 5.69 Å². The van der Waals surface area contributed by atoms with Gasteiger partial charge in [0.1, 0.15) is 0 Å². The largest absolute Gasteiger partial charge is 0.383 e. The third-order valence-electron chi connectivity index (χ3n) is 2.75. The molecule has 2 rings (SSSR count). The van der Waals surface area contributed by atoms with Gasteiger partial charge in [-0.3, -0.25) is 14.5 Å². The van der Waals surface area contributed by atoms with Gasteiger partial charge in [-0.15, -0.1) is 5.10 Å². The first kappa shape index (κ1) is 14.0. The van der Waals surface area contributed by atoms with Crippen molar-refractivity contribution in [3.63, 3.8) is 0 Å². The molecule has 0 radical (unpaired) electrons. The fourth-order valence-corrected chi connectivity index (χ4v) is 1.81. The Kier molecular flexibility index (Phi) is 5.05. The standard InChI is InChI=1S/C13H18N6O/c1-2-15-12-10-14-6-4-11(12)13(20)16-5-3-8-19-9-7-17-18-19/h4,6-7,9-10,15H,2-3,5,8H2,1H3,(H,16,20). The van der Waals surface area contributed by atoms with Crippen LogP contribution in [0.25, 0.3) is 0 Å². The first-order valence-electron chi connectivity index (χ1n) is 6.61. The lowest BCUT2D eigenvalue weighted by atomic mass is 10.2. The molecule has 0 atom stereocenters. The molecule has 0 aliphatic heterocycles. The molecule has 20 heavy (non-hydrogen) atoms. The van der Waals surface area contributed by atoms with Gasteiger partial charge in [-0.2, -0.15) is 0 Å². The Hall–Kier alpha value is -2.44. The number of hydrogen-bond donors (Lipinski definition) is 2. The molecule has 0 aromatic carbocycles. The number of hydrogen-bond acceptors (Lipinski definition) is 5. The molecule has 0 saturated carbocycles. The molecule has 106 valence electrons. The smallest absolute Gasteiger partial charge is 0.253 e. The predicted molar refractivity (Wildman–Crippen MR) is 75.4 cm³/mol. The summed E-state index contributed by atoms with van der Waals surface area (Å²) in [6.07, 6.45) is 7.52. The Morgan fingerprint density at radius 2 is 2.30 bits per heavy atom. The van der Waals surface area contributed by atoms with Crippen LogP contribution in [0.3, 0.4) is 0 Å². The van der Waals surface area contributed by atoms with Gasteiger partial charge in [0.05, 0.1) is 23.6 Å². The predicted octanol–water partition coefficient (Wildman–Crippen LogP) is 0.925. The summed E-state index contributed by atoms with van der Waals surface area (Å²) in [4.78, 5) is 16.1. The lowest BCUT2D eigenvalue weighted by molar-refractivity contribution is 0.0953. The van der Waals surface area contributed by atoms with Gasteiger partial charge in [0, 0.05) is 32.0 Å². The topological polar surface area (TPSA) is 84.7 Å². The van der Waals surface area contributed by atoms with Crippen molar-refractivity contribution < 1.29 is 4.79 Å². The van der Waals surface area contributed by atoms with Crippen molar-refractivity contribution in [1.29, 1.82) is 0 Å². The van der Waals surface area contributed by atoms with E-state index in [9.17, 15) is 4.79 Å². The molecule has 0 unspecified atom stereocenters. The van der Waals surface area contributed by atoms with Crippen LogP contribution in [-0.2, 0) is 6.54 Å². The molecule has 2 N–H and O–H groups in total. The van der Waals surface area contributed by atoms with Crippen LogP contribution in [0.5, 0.6) is 0 Å². The molecule has 0 fully saturated rings. The van der Waals surface area contributed by atoms with Gasteiger partial charge in [0.15, 0.2) is 0 Å². The lowest BCUT2D eigenvalue weighted by Gasteiger charge is -2.10. The minimum Gasteiger partial charge on any atom is -0.383 e. The molecule has 7 heteroatoms. The average Bonchev–Trinajstić information content (AvgIpc) is 2.97. The van der Waals surface area contributed by atoms with Crippen LogP contribution in [0.15, 0.2) is 30.9 Å². The third kappa shape index (κ3) is 3.78. The summed E-state index contributed by atoms with van der Waals surface area (Å²) in [5, 5.41) is 13.6. The number of amides is 1. The highest BCUT2D eigenvalue weighted by Gasteiger charge is 2.09. The van der Waals surface area contributed by atoms with Gasteiger partial charge < -0.3 is 10.6 Å². The zero-order chi connectivity index (χ0) is 14.2. The summed E-state index contributed by atoms with van der Waals surface area (Å²) in [7, 11) is 0. The maximum Gasteiger partial charge on any atom is 0.253 e. The van der Waals surface area contributed by atoms with Gasteiger partial charge in [0.2, 0.25) is 0 Å². The van der Waals surface area contributed by atoms with Crippen molar-refractivity contribution in [1.82, 2.24) is 25.3 Å². The highest BCUT2D eigenvalue weighted by molar-refractivity contribution is 5.99. The summed E-state index contributed by atoms with van der Waals surface area (Å²) >= 11 is 0. The molecule has 0 aliphatic carbocycles. The molecule has 0 saturated heterocycles. The number of aromatic nitrogens is 4. The number of nitrogens with zero attached hydrogens (tertiary/aromatic N) is 4. The van der Waals surface area contributed by atoms with E-state index in [0.29, 0.717) is 12.1 Å². The second kappa shape index (κ2) is 7.22. The van der Waals surface area contributed by atoms with Gasteiger partial charge in [-0.1, -0.05) is 5.21 Å². The van der Waals surface area contributed by atoms with E-state index in [-0.39, 0.29) is 5.91 Å². The van der Waals surface area contributed by atoms with Crippen LogP contribution in [0.1, 0.15) is 23.7 Å². The molecule has 0 spiro atoms. The monoisotopic (exact) mass is 274 g/mol. The van der Waals surface area contributed by atoms with Crippen LogP contribution in [-0.4, -0.2) is 39.0 Å². The van der Waals surface area contributed by atoms with E-state index in [0.717, 1.165) is 25.2 Å². The quantitative estimate of drug-likeness (QED) is 0.734. The third-order valence-corrected chi connectivity index (χ3v) is 2.75. The van der Waals surface area contributed by atoms with Gasteiger partial charge >= 0.3 is 0 Å². The van der Waals surface area contributed by atoms with Crippen LogP contribution in [0.2, 0.25) is 0 Å². The SMILES string of the molecule is CCNc1cnccc1C(=O)NCCCn1ccnn1. The van der Waals surface area contributed by atoms with E-state index in [2.05, 4.69) is 25.9 Å². The normalized spacial score (nSPS) is 10.2. The first-order chi connectivity index (χ1) is 9.81. The maximum absolute atomic E-state index is 12.1. The highest BCUT2D eigenvalue weighted by atomic mass is 16.1. The van der Waals surface area contributed by atoms with Crippen molar-refractivity contribution >= 4 is 11.6 Å². The van der Waals surface area contributed by atoms with E-state index in [1.54, 1.807) is 35.5 Å². The Morgan fingerprint density at radius 1 is 1.40 bits per heavy atom. The first-order valence-corrected chi connectivity index (χ1v) is 6.61. The number of nitrogens with one attached hydrogen (secondary N) is 2. The molecular weight excluding hydrogens is 256 g/mol. The lowest BCUT2D eigenvalue weighted by Crippen LogP contribution is -2.26. The number of anilines is 1. The van der Waals surface area contributed by atoms with Crippen molar-refractivity contribution in [2.45, 2.75) is 19.9 Å². The summed E-state index contributed by atoms with van der Waals surface area (Å²) in [5.74, 6) is -0.0954. The molecule has 0 aliphatic rings. The second-order valence-electron chi connectivity index (χ2n) is 4.23. The van der Waals surface area contributed by atoms with Crippen molar-refractivity contribution in [3.05, 3.63) is 36.4 Å². The summed E-state index contributed by atoms with van der Waals surface area (Å²) in [6.45, 7) is 4.05. The zero-order valence-electron chi connectivity index (χ0n) is 11.4. The van der Waals surface area contributed by atoms with Crippen molar-refractivity contribution in [2.75, 3.05) is 18.4 Å². The number of carbonyl (C=O) groups excluding carboxylic acids is 1. The number of rotatable bonds is 7. The van der Waals surface area contributed by atoms with Crippen molar-refractivity contribution in [2.24, 2.45) is 0 Å². The van der Waals surface area contributed by atoms with Crippen LogP contribution >= 0.6 is 0 Å². The Bertz CT molecular complexity index is 540. The highest BCUT2D eigenvalue weighted by Crippen LogP contribution is 2.12. The molecular formula is C13H18N6O. The van der Waals surface area contributed by atoms with Crippen LogP contribution < -0.4 is 10.6 Å². The van der Waals surface area contributed by atoms with E-state index in [1.807, 2.05) is 6.92 Å². The van der Waals surface area contributed by atoms with Crippen molar-refractivity contribution in [3.8, 4) is 0 Å². The second-order valence-corrected chi connectivity index (χ2v) is 4.23. The van der Waals surface area contributed by atoms with E-state index in [4.69, 9.17) is 0 Å². The van der Waals surface area contributed by atoms with E-state index in [1.165, 1.54) is 0 Å². The fraction of sp³-hybridized carbons (Fsp3) is 0.385. The number of carbonyl (C=O) groups is 1. The van der Waals surface area contributed by atoms with E-state index < -0.39 is 0 Å². The minimum atomic E-state index is -0.0954. The summed E-state index contributed by atoms with van der Waals surface area (Å²) < 4.78 is 1.74. The van der Waals surface area contributed by atoms with Gasteiger partial charge in [-0.25, -0.2) is 0 Å². The summed E-state index contributed by atoms with van der Waals surface area (Å²) in [5.41, 5.74) is 1.37. The molecule has 1 amide bonds. The van der Waals surface area contributed by atoms with Gasteiger partial charge in [-0.05, 0) is 19.4 Å². The Balaban J connectivity index is 1.82. The Labute approximate surface area is 117 Å². The molecule has 2 aromatic heterocycles. The van der Waals surface area contributed by atoms with E-state index >= 15 is 0 Å². The summed E-state index contributed by atoms with van der Waals surface area (Å²) in [6, 6.07) is 1.71. The molecule has 7 nitrogen and oxygen atoms in total. The zero-order valence-corrected chi connectivity index (χ0v) is 11.4. The average molecular weight is 274 g/mol. The Morgan fingerprint density at radius 3 is 3.05 bits per heavy atom. The molecule has 0 bridgehead atoms. The maximum atomic E-state index is 12.1. The fourth-order valence-electron chi connectivity index (χ4n) is 1.81.